The summed E-state index contributed by atoms with van der Waals surface area (Å²) in [5.74, 6) is 2.00. The van der Waals surface area contributed by atoms with Crippen LogP contribution in [0.5, 0.6) is 0 Å². The van der Waals surface area contributed by atoms with E-state index in [0.29, 0.717) is 0 Å². The van der Waals surface area contributed by atoms with Crippen LogP contribution in [0, 0.1) is 11.8 Å². The van der Waals surface area contributed by atoms with Crippen LogP contribution in [-0.2, 0) is 0 Å². The van der Waals surface area contributed by atoms with Crippen LogP contribution in [-0.4, -0.2) is 18.0 Å². The highest BCUT2D eigenvalue weighted by Gasteiger charge is 2.32. The lowest BCUT2D eigenvalue weighted by atomic mass is 9.82. The Morgan fingerprint density at radius 1 is 1.09 bits per heavy atom. The van der Waals surface area contributed by atoms with Crippen LogP contribution >= 0.6 is 0 Å². The average molecular weight is 151 g/mol. The fraction of sp³-hybridized carbons (Fsp3) is 0.800. The molecule has 0 aromatic rings. The van der Waals surface area contributed by atoms with Gasteiger partial charge in [-0.2, -0.15) is 0 Å². The van der Waals surface area contributed by atoms with Gasteiger partial charge in [-0.25, -0.2) is 0 Å². The molecule has 11 heavy (non-hydrogen) atoms. The minimum absolute atomic E-state index is 1.00. The Balaban J connectivity index is 1.97. The smallest absolute Gasteiger partial charge is 0.0204 e. The highest BCUT2D eigenvalue weighted by atomic mass is 15.1. The van der Waals surface area contributed by atoms with Gasteiger partial charge in [-0.1, -0.05) is 19.4 Å². The van der Waals surface area contributed by atoms with Gasteiger partial charge < -0.3 is 4.90 Å². The molecule has 1 heterocycles. The molecule has 2 atom stereocenters. The Kier molecular flexibility index (Phi) is 1.89. The van der Waals surface area contributed by atoms with Crippen LogP contribution in [0.15, 0.2) is 12.8 Å². The lowest BCUT2D eigenvalue weighted by Crippen LogP contribution is -2.16. The summed E-state index contributed by atoms with van der Waals surface area (Å²) in [5.41, 5.74) is 0. The van der Waals surface area contributed by atoms with Crippen LogP contribution in [0.25, 0.3) is 0 Å². The molecule has 2 fully saturated rings. The topological polar surface area (TPSA) is 3.24 Å². The molecule has 0 amide bonds. The zero-order chi connectivity index (χ0) is 7.68. The highest BCUT2D eigenvalue weighted by Crippen LogP contribution is 2.35. The van der Waals surface area contributed by atoms with Crippen molar-refractivity contribution in [1.82, 2.24) is 4.90 Å². The molecular weight excluding hydrogens is 134 g/mol. The van der Waals surface area contributed by atoms with Crippen molar-refractivity contribution in [3.05, 3.63) is 12.8 Å². The first-order valence-electron chi connectivity index (χ1n) is 4.77. The van der Waals surface area contributed by atoms with E-state index in [4.69, 9.17) is 0 Å². The summed E-state index contributed by atoms with van der Waals surface area (Å²) in [6.07, 6.45) is 7.88. The summed E-state index contributed by atoms with van der Waals surface area (Å²) in [6, 6.07) is 0. The predicted molar refractivity (Wildman–Crippen MR) is 47.2 cm³/mol. The van der Waals surface area contributed by atoms with Gasteiger partial charge in [0.2, 0.25) is 0 Å². The van der Waals surface area contributed by atoms with E-state index < -0.39 is 0 Å². The summed E-state index contributed by atoms with van der Waals surface area (Å²) in [5, 5.41) is 0. The fourth-order valence-electron chi connectivity index (χ4n) is 2.59. The molecule has 1 nitrogen and oxygen atoms in total. The maximum Gasteiger partial charge on any atom is 0.0204 e. The van der Waals surface area contributed by atoms with E-state index in [2.05, 4.69) is 11.5 Å². The van der Waals surface area contributed by atoms with Gasteiger partial charge in [-0.3, -0.25) is 0 Å². The largest absolute Gasteiger partial charge is 0.377 e. The summed E-state index contributed by atoms with van der Waals surface area (Å²) >= 11 is 0. The molecule has 1 saturated heterocycles. The van der Waals surface area contributed by atoms with Crippen molar-refractivity contribution in [2.24, 2.45) is 11.8 Å². The molecule has 0 bridgehead atoms. The van der Waals surface area contributed by atoms with Gasteiger partial charge in [0.15, 0.2) is 0 Å². The standard InChI is InChI=1S/C10H17N/c1-2-11-7-9-5-3-4-6-10(9)8-11/h2,9-10H,1,3-8H2/t9-,10+. The Morgan fingerprint density at radius 2 is 1.64 bits per heavy atom. The second-order valence-corrected chi connectivity index (χ2v) is 3.94. The summed E-state index contributed by atoms with van der Waals surface area (Å²) in [4.78, 5) is 2.39. The lowest BCUT2D eigenvalue weighted by Gasteiger charge is -2.22. The predicted octanol–water partition coefficient (Wildman–Crippen LogP) is 2.25. The van der Waals surface area contributed by atoms with Crippen LogP contribution in [0.3, 0.4) is 0 Å². The van der Waals surface area contributed by atoms with Crippen molar-refractivity contribution >= 4 is 0 Å². The Labute approximate surface area is 69.1 Å². The zero-order valence-electron chi connectivity index (χ0n) is 7.13. The molecule has 2 aliphatic rings. The SMILES string of the molecule is C=CN1C[C@H]2CCCC[C@H]2C1. The van der Waals surface area contributed by atoms with Gasteiger partial charge in [-0.15, -0.1) is 0 Å². The van der Waals surface area contributed by atoms with Crippen LogP contribution < -0.4 is 0 Å². The first kappa shape index (κ1) is 7.20. The summed E-state index contributed by atoms with van der Waals surface area (Å²) < 4.78 is 0. The minimum Gasteiger partial charge on any atom is -0.377 e. The van der Waals surface area contributed by atoms with Crippen molar-refractivity contribution in [2.45, 2.75) is 25.7 Å². The van der Waals surface area contributed by atoms with E-state index in [0.717, 1.165) is 11.8 Å². The Bertz CT molecular complexity index is 139. The molecule has 0 unspecified atom stereocenters. The van der Waals surface area contributed by atoms with Crippen molar-refractivity contribution < 1.29 is 0 Å². The van der Waals surface area contributed by atoms with E-state index in [1.807, 2.05) is 6.20 Å². The molecule has 1 aliphatic carbocycles. The van der Waals surface area contributed by atoms with Crippen molar-refractivity contribution in [2.75, 3.05) is 13.1 Å². The van der Waals surface area contributed by atoms with E-state index in [1.165, 1.54) is 38.8 Å². The van der Waals surface area contributed by atoms with Gasteiger partial charge in [0, 0.05) is 13.1 Å². The van der Waals surface area contributed by atoms with Crippen LogP contribution in [0.2, 0.25) is 0 Å². The number of fused-ring (bicyclic) bond motifs is 1. The number of rotatable bonds is 1. The van der Waals surface area contributed by atoms with Crippen molar-refractivity contribution in [3.63, 3.8) is 0 Å². The zero-order valence-corrected chi connectivity index (χ0v) is 7.13. The molecule has 0 radical (unpaired) electrons. The van der Waals surface area contributed by atoms with E-state index >= 15 is 0 Å². The molecule has 1 heteroatoms. The Hall–Kier alpha value is -0.460. The molecule has 0 aromatic carbocycles. The van der Waals surface area contributed by atoms with Crippen LogP contribution in [0.1, 0.15) is 25.7 Å². The molecule has 2 rings (SSSR count). The number of hydrogen-bond donors (Lipinski definition) is 0. The molecule has 0 aromatic heterocycles. The van der Waals surface area contributed by atoms with Gasteiger partial charge in [0.1, 0.15) is 0 Å². The summed E-state index contributed by atoms with van der Waals surface area (Å²) in [6.45, 7) is 6.40. The Morgan fingerprint density at radius 3 is 2.09 bits per heavy atom. The van der Waals surface area contributed by atoms with Gasteiger partial charge >= 0.3 is 0 Å². The van der Waals surface area contributed by atoms with Gasteiger partial charge in [-0.05, 0) is 30.9 Å². The monoisotopic (exact) mass is 151 g/mol. The van der Waals surface area contributed by atoms with Crippen LogP contribution in [0.4, 0.5) is 0 Å². The first-order valence-corrected chi connectivity index (χ1v) is 4.77. The molecule has 0 spiro atoms. The minimum atomic E-state index is 1.00. The molecular formula is C10H17N. The summed E-state index contributed by atoms with van der Waals surface area (Å²) in [7, 11) is 0. The number of likely N-dealkylation sites (tertiary alicyclic amines) is 1. The van der Waals surface area contributed by atoms with E-state index in [-0.39, 0.29) is 0 Å². The number of nitrogens with zero attached hydrogens (tertiary/aromatic N) is 1. The third-order valence-corrected chi connectivity index (χ3v) is 3.26. The highest BCUT2D eigenvalue weighted by molar-refractivity contribution is 4.90. The molecule has 1 saturated carbocycles. The molecule has 62 valence electrons. The maximum absolute atomic E-state index is 3.83. The van der Waals surface area contributed by atoms with Gasteiger partial charge in [0.05, 0.1) is 0 Å². The van der Waals surface area contributed by atoms with E-state index in [9.17, 15) is 0 Å². The quantitative estimate of drug-likeness (QED) is 0.555. The molecule has 1 aliphatic heterocycles. The second kappa shape index (κ2) is 2.88. The van der Waals surface area contributed by atoms with Gasteiger partial charge in [0.25, 0.3) is 0 Å². The fourth-order valence-corrected chi connectivity index (χ4v) is 2.59. The van der Waals surface area contributed by atoms with E-state index in [1.54, 1.807) is 0 Å². The second-order valence-electron chi connectivity index (χ2n) is 3.94. The first-order chi connectivity index (χ1) is 5.40. The third-order valence-electron chi connectivity index (χ3n) is 3.26. The third kappa shape index (κ3) is 1.29. The molecule has 0 N–H and O–H groups in total. The normalized spacial score (nSPS) is 36.9. The van der Waals surface area contributed by atoms with Crippen molar-refractivity contribution in [1.29, 1.82) is 0 Å². The lowest BCUT2D eigenvalue weighted by molar-refractivity contribution is 0.299. The van der Waals surface area contributed by atoms with Crippen molar-refractivity contribution in [3.8, 4) is 0 Å². The average Bonchev–Trinajstić information content (AvgIpc) is 2.46. The number of hydrogen-bond acceptors (Lipinski definition) is 1. The maximum atomic E-state index is 3.83.